The number of aromatic nitrogens is 1. The van der Waals surface area contributed by atoms with E-state index in [1.165, 1.54) is 15.5 Å². The van der Waals surface area contributed by atoms with Gasteiger partial charge in [-0.25, -0.2) is 4.79 Å². The molecule has 0 radical (unpaired) electrons. The van der Waals surface area contributed by atoms with Crippen LogP contribution in [-0.4, -0.2) is 58.3 Å². The van der Waals surface area contributed by atoms with Crippen LogP contribution >= 0.6 is 0 Å². The SMILES string of the molecule is CN(C)CCCN1C(=O)C(=O)C(=C(O)c2ccc3c(c2)oc(=O)n3C)[C@@H]1c1ccccc1. The number of rotatable bonds is 6. The third-order valence-corrected chi connectivity index (χ3v) is 5.73. The van der Waals surface area contributed by atoms with Gasteiger partial charge >= 0.3 is 5.76 Å². The zero-order chi connectivity index (χ0) is 23.0. The summed E-state index contributed by atoms with van der Waals surface area (Å²) in [7, 11) is 5.48. The minimum absolute atomic E-state index is 0.0312. The van der Waals surface area contributed by atoms with Crippen molar-refractivity contribution in [1.82, 2.24) is 14.4 Å². The fourth-order valence-corrected chi connectivity index (χ4v) is 4.09. The molecular formula is C24H25N3O5. The zero-order valence-electron chi connectivity index (χ0n) is 18.2. The number of amides is 1. The van der Waals surface area contributed by atoms with Gasteiger partial charge in [-0.1, -0.05) is 30.3 Å². The molecule has 1 amide bonds. The van der Waals surface area contributed by atoms with E-state index in [1.54, 1.807) is 19.2 Å². The minimum atomic E-state index is -0.726. The topological polar surface area (TPSA) is 96.0 Å². The van der Waals surface area contributed by atoms with E-state index >= 15 is 0 Å². The summed E-state index contributed by atoms with van der Waals surface area (Å²) >= 11 is 0. The first-order chi connectivity index (χ1) is 15.3. The number of aliphatic hydroxyl groups excluding tert-OH is 1. The Morgan fingerprint density at radius 1 is 1.09 bits per heavy atom. The average Bonchev–Trinajstić information content (AvgIpc) is 3.20. The third-order valence-electron chi connectivity index (χ3n) is 5.73. The van der Waals surface area contributed by atoms with E-state index in [0.717, 1.165) is 12.1 Å². The quantitative estimate of drug-likeness (QED) is 0.363. The Morgan fingerprint density at radius 3 is 2.50 bits per heavy atom. The van der Waals surface area contributed by atoms with Gasteiger partial charge in [0.05, 0.1) is 17.1 Å². The number of oxazole rings is 1. The summed E-state index contributed by atoms with van der Waals surface area (Å²) in [5.41, 5.74) is 1.93. The zero-order valence-corrected chi connectivity index (χ0v) is 18.2. The van der Waals surface area contributed by atoms with E-state index < -0.39 is 23.5 Å². The van der Waals surface area contributed by atoms with Crippen molar-refractivity contribution in [2.45, 2.75) is 12.5 Å². The number of carbonyl (C=O) groups excluding carboxylic acids is 2. The predicted octanol–water partition coefficient (Wildman–Crippen LogP) is 2.50. The molecule has 1 saturated heterocycles. The molecular weight excluding hydrogens is 410 g/mol. The predicted molar refractivity (Wildman–Crippen MR) is 120 cm³/mol. The summed E-state index contributed by atoms with van der Waals surface area (Å²) < 4.78 is 6.57. The fraction of sp³-hybridized carbons (Fsp3) is 0.292. The van der Waals surface area contributed by atoms with Crippen LogP contribution < -0.4 is 5.76 Å². The van der Waals surface area contributed by atoms with E-state index in [0.29, 0.717) is 24.0 Å². The molecule has 0 aliphatic carbocycles. The summed E-state index contributed by atoms with van der Waals surface area (Å²) in [6.45, 7) is 1.14. The van der Waals surface area contributed by atoms with Crippen LogP contribution in [0.25, 0.3) is 16.9 Å². The second-order valence-corrected chi connectivity index (χ2v) is 8.17. The molecule has 3 aromatic rings. The lowest BCUT2D eigenvalue weighted by Gasteiger charge is -2.26. The Hall–Kier alpha value is -3.65. The fourth-order valence-electron chi connectivity index (χ4n) is 4.09. The molecule has 0 unspecified atom stereocenters. The number of hydrogen-bond donors (Lipinski definition) is 1. The van der Waals surface area contributed by atoms with Gasteiger partial charge in [0, 0.05) is 19.2 Å². The first kappa shape index (κ1) is 21.6. The van der Waals surface area contributed by atoms with Crippen LogP contribution in [0, 0.1) is 0 Å². The number of carbonyl (C=O) groups is 2. The van der Waals surface area contributed by atoms with Crippen LogP contribution in [0.5, 0.6) is 0 Å². The van der Waals surface area contributed by atoms with E-state index in [4.69, 9.17) is 4.42 Å². The van der Waals surface area contributed by atoms with E-state index in [2.05, 4.69) is 0 Å². The summed E-state index contributed by atoms with van der Waals surface area (Å²) in [5, 5.41) is 11.2. The average molecular weight is 435 g/mol. The highest BCUT2D eigenvalue weighted by atomic mass is 16.4. The molecule has 4 rings (SSSR count). The monoisotopic (exact) mass is 435 g/mol. The third kappa shape index (κ3) is 3.73. The van der Waals surface area contributed by atoms with Crippen molar-refractivity contribution in [3.63, 3.8) is 0 Å². The number of Topliss-reactive ketones (excluding diaryl/α,β-unsaturated/α-hetero) is 1. The molecule has 1 atom stereocenters. The number of ketones is 1. The highest BCUT2D eigenvalue weighted by Crippen LogP contribution is 2.39. The van der Waals surface area contributed by atoms with Crippen molar-refractivity contribution in [1.29, 1.82) is 0 Å². The highest BCUT2D eigenvalue weighted by molar-refractivity contribution is 6.46. The smallest absolute Gasteiger partial charge is 0.419 e. The Bertz CT molecular complexity index is 1270. The molecule has 0 saturated carbocycles. The van der Waals surface area contributed by atoms with E-state index in [1.807, 2.05) is 49.3 Å². The molecule has 2 aromatic carbocycles. The minimum Gasteiger partial charge on any atom is -0.507 e. The standard InChI is InChI=1S/C24H25N3O5/c1-25(2)12-7-13-27-20(15-8-5-4-6-9-15)19(22(29)23(27)30)21(28)16-10-11-17-18(14-16)32-24(31)26(17)3/h4-6,8-11,14,20,28H,7,12-13H2,1-3H3/t20-/m0/s1. The number of aryl methyl sites for hydroxylation is 1. The number of nitrogens with zero attached hydrogens (tertiary/aromatic N) is 3. The molecule has 1 aliphatic rings. The van der Waals surface area contributed by atoms with Crippen LogP contribution in [-0.2, 0) is 16.6 Å². The van der Waals surface area contributed by atoms with Gasteiger partial charge in [0.25, 0.3) is 11.7 Å². The Labute approximate surface area is 185 Å². The summed E-state index contributed by atoms with van der Waals surface area (Å²) in [6, 6.07) is 13.2. The molecule has 1 N–H and O–H groups in total. The maximum absolute atomic E-state index is 13.0. The number of fused-ring (bicyclic) bond motifs is 1. The van der Waals surface area contributed by atoms with Crippen molar-refractivity contribution >= 4 is 28.5 Å². The van der Waals surface area contributed by atoms with Gasteiger partial charge < -0.3 is 19.3 Å². The van der Waals surface area contributed by atoms with Gasteiger partial charge in [-0.3, -0.25) is 14.2 Å². The first-order valence-electron chi connectivity index (χ1n) is 10.4. The number of benzene rings is 2. The molecule has 1 fully saturated rings. The van der Waals surface area contributed by atoms with Crippen molar-refractivity contribution < 1.29 is 19.1 Å². The van der Waals surface area contributed by atoms with Gasteiger partial charge in [-0.05, 0) is 50.8 Å². The molecule has 8 nitrogen and oxygen atoms in total. The lowest BCUT2D eigenvalue weighted by Crippen LogP contribution is -2.32. The summed E-state index contributed by atoms with van der Waals surface area (Å²) in [4.78, 5) is 41.3. The Balaban J connectivity index is 1.82. The maximum atomic E-state index is 13.0. The van der Waals surface area contributed by atoms with Crippen molar-refractivity contribution in [2.75, 3.05) is 27.2 Å². The highest BCUT2D eigenvalue weighted by Gasteiger charge is 2.45. The number of hydrogen-bond acceptors (Lipinski definition) is 6. The Morgan fingerprint density at radius 2 is 1.81 bits per heavy atom. The molecule has 2 heterocycles. The van der Waals surface area contributed by atoms with Gasteiger partial charge in [0.2, 0.25) is 0 Å². The lowest BCUT2D eigenvalue weighted by atomic mass is 9.95. The van der Waals surface area contributed by atoms with E-state index in [9.17, 15) is 19.5 Å². The van der Waals surface area contributed by atoms with Crippen molar-refractivity contribution in [2.24, 2.45) is 7.05 Å². The second-order valence-electron chi connectivity index (χ2n) is 8.17. The molecule has 0 spiro atoms. The maximum Gasteiger partial charge on any atom is 0.419 e. The molecule has 8 heteroatoms. The lowest BCUT2D eigenvalue weighted by molar-refractivity contribution is -0.139. The van der Waals surface area contributed by atoms with Crippen LogP contribution in [0.15, 0.2) is 63.3 Å². The number of likely N-dealkylation sites (tertiary alicyclic amines) is 1. The molecule has 1 aromatic heterocycles. The molecule has 166 valence electrons. The normalized spacial score (nSPS) is 18.2. The van der Waals surface area contributed by atoms with Crippen LogP contribution in [0.2, 0.25) is 0 Å². The van der Waals surface area contributed by atoms with Crippen molar-refractivity contribution in [3.8, 4) is 0 Å². The Kier molecular flexibility index (Phi) is 5.71. The largest absolute Gasteiger partial charge is 0.507 e. The second kappa shape index (κ2) is 8.47. The summed E-state index contributed by atoms with van der Waals surface area (Å²) in [5.74, 6) is -2.17. The van der Waals surface area contributed by atoms with Gasteiger partial charge in [0.15, 0.2) is 5.58 Å². The molecule has 0 bridgehead atoms. The van der Waals surface area contributed by atoms with Crippen molar-refractivity contribution in [3.05, 3.63) is 75.8 Å². The van der Waals surface area contributed by atoms with Gasteiger partial charge in [-0.15, -0.1) is 0 Å². The first-order valence-corrected chi connectivity index (χ1v) is 10.4. The number of aliphatic hydroxyl groups is 1. The van der Waals surface area contributed by atoms with Gasteiger partial charge in [0.1, 0.15) is 5.76 Å². The summed E-state index contributed by atoms with van der Waals surface area (Å²) in [6.07, 6.45) is 0.685. The van der Waals surface area contributed by atoms with Gasteiger partial charge in [-0.2, -0.15) is 0 Å². The van der Waals surface area contributed by atoms with Crippen LogP contribution in [0.1, 0.15) is 23.6 Å². The van der Waals surface area contributed by atoms with E-state index in [-0.39, 0.29) is 16.9 Å². The van der Waals surface area contributed by atoms with Crippen LogP contribution in [0.4, 0.5) is 0 Å². The molecule has 1 aliphatic heterocycles. The molecule has 32 heavy (non-hydrogen) atoms. The van der Waals surface area contributed by atoms with Crippen LogP contribution in [0.3, 0.4) is 0 Å².